The fraction of sp³-hybridized carbons (Fsp3) is 0.500. The summed E-state index contributed by atoms with van der Waals surface area (Å²) in [5.41, 5.74) is 0.923. The zero-order chi connectivity index (χ0) is 18.6. The lowest BCUT2D eigenvalue weighted by Gasteiger charge is -2.31. The summed E-state index contributed by atoms with van der Waals surface area (Å²) in [5.74, 6) is 0.349. The number of nitrogens with zero attached hydrogens (tertiary/aromatic N) is 1. The number of ether oxygens (including phenoxy) is 2. The van der Waals surface area contributed by atoms with E-state index in [2.05, 4.69) is 0 Å². The minimum atomic E-state index is -0.895. The van der Waals surface area contributed by atoms with E-state index in [1.54, 1.807) is 25.2 Å². The first kappa shape index (κ1) is 19.2. The van der Waals surface area contributed by atoms with Crippen LogP contribution in [0.4, 0.5) is 0 Å². The van der Waals surface area contributed by atoms with Gasteiger partial charge in [0.25, 0.3) is 0 Å². The van der Waals surface area contributed by atoms with Crippen molar-refractivity contribution in [2.75, 3.05) is 14.2 Å². The van der Waals surface area contributed by atoms with Gasteiger partial charge < -0.3 is 24.3 Å². The minimum Gasteiger partial charge on any atom is -0.493 e. The minimum absolute atomic E-state index is 0.0380. The molecule has 0 bridgehead atoms. The van der Waals surface area contributed by atoms with Gasteiger partial charge >= 0.3 is 5.97 Å². The summed E-state index contributed by atoms with van der Waals surface area (Å²) in [6.45, 7) is 1.51. The number of hydrogen-bond donors (Lipinski definition) is 1. The van der Waals surface area contributed by atoms with Crippen LogP contribution in [0, 0.1) is 0 Å². The molecular formula is C18H23NO5S. The van der Waals surface area contributed by atoms with E-state index < -0.39 is 12.0 Å². The molecule has 6 nitrogen and oxygen atoms in total. The van der Waals surface area contributed by atoms with Crippen molar-refractivity contribution in [3.63, 3.8) is 0 Å². The maximum absolute atomic E-state index is 11.6. The van der Waals surface area contributed by atoms with Gasteiger partial charge in [-0.05, 0) is 37.5 Å². The maximum Gasteiger partial charge on any atom is 0.326 e. The lowest BCUT2D eigenvalue weighted by Crippen LogP contribution is -2.41. The van der Waals surface area contributed by atoms with Gasteiger partial charge in [0.15, 0.2) is 11.5 Å². The van der Waals surface area contributed by atoms with Crippen molar-refractivity contribution in [3.05, 3.63) is 23.8 Å². The van der Waals surface area contributed by atoms with Crippen molar-refractivity contribution in [2.24, 2.45) is 0 Å². The number of carboxylic acids is 1. The molecule has 0 amide bonds. The van der Waals surface area contributed by atoms with E-state index in [4.69, 9.17) is 21.7 Å². The highest BCUT2D eigenvalue weighted by Crippen LogP contribution is 2.40. The van der Waals surface area contributed by atoms with Crippen molar-refractivity contribution in [2.45, 2.75) is 44.7 Å². The van der Waals surface area contributed by atoms with E-state index in [-0.39, 0.29) is 11.8 Å². The van der Waals surface area contributed by atoms with E-state index >= 15 is 0 Å². The number of likely N-dealkylation sites (tertiary alicyclic amines) is 1. The standard InChI is InChI=1S/C18H23NO5S/c1-11(20)4-9-17(25)19-13(6-7-14(19)18(21)22)12-5-8-15(23-2)16(10-12)24-3/h5,8,10,13-14H,4,6-7,9H2,1-3H3,(H,21,22). The number of Topliss-reactive ketones (excluding diaryl/α,β-unsaturated/α-hetero) is 1. The molecule has 1 aliphatic rings. The van der Waals surface area contributed by atoms with Gasteiger partial charge in [-0.2, -0.15) is 0 Å². The Morgan fingerprint density at radius 1 is 1.20 bits per heavy atom. The number of carboxylic acid groups (broad SMARTS) is 1. The van der Waals surface area contributed by atoms with E-state index in [0.29, 0.717) is 42.2 Å². The third kappa shape index (κ3) is 4.28. The molecule has 136 valence electrons. The van der Waals surface area contributed by atoms with Crippen LogP contribution in [0.5, 0.6) is 11.5 Å². The molecule has 0 aliphatic carbocycles. The topological polar surface area (TPSA) is 76.1 Å². The molecule has 0 saturated carbocycles. The summed E-state index contributed by atoms with van der Waals surface area (Å²) >= 11 is 5.47. The molecule has 0 aromatic heterocycles. The number of ketones is 1. The van der Waals surface area contributed by atoms with Crippen LogP contribution in [0.3, 0.4) is 0 Å². The SMILES string of the molecule is COc1ccc(C2CCC(C(=O)O)N2C(=S)CCC(C)=O)cc1OC. The lowest BCUT2D eigenvalue weighted by molar-refractivity contribution is -0.141. The van der Waals surface area contributed by atoms with Gasteiger partial charge in [-0.1, -0.05) is 18.3 Å². The van der Waals surface area contributed by atoms with Crippen molar-refractivity contribution >= 4 is 29.0 Å². The Morgan fingerprint density at radius 3 is 2.44 bits per heavy atom. The van der Waals surface area contributed by atoms with Crippen LogP contribution < -0.4 is 9.47 Å². The molecule has 2 atom stereocenters. The zero-order valence-corrected chi connectivity index (χ0v) is 15.5. The average molecular weight is 365 g/mol. The molecule has 0 spiro atoms. The number of benzene rings is 1. The first-order valence-corrected chi connectivity index (χ1v) is 8.55. The van der Waals surface area contributed by atoms with Gasteiger partial charge in [-0.25, -0.2) is 4.79 Å². The summed E-state index contributed by atoms with van der Waals surface area (Å²) in [6.07, 6.45) is 1.89. The fourth-order valence-corrected chi connectivity index (χ4v) is 3.56. The van der Waals surface area contributed by atoms with Gasteiger partial charge in [-0.15, -0.1) is 0 Å². The summed E-state index contributed by atoms with van der Waals surface area (Å²) < 4.78 is 10.6. The van der Waals surface area contributed by atoms with Gasteiger partial charge in [0.2, 0.25) is 0 Å². The quantitative estimate of drug-likeness (QED) is 0.744. The molecule has 25 heavy (non-hydrogen) atoms. The third-order valence-electron chi connectivity index (χ3n) is 4.44. The highest BCUT2D eigenvalue weighted by molar-refractivity contribution is 7.80. The van der Waals surface area contributed by atoms with E-state index in [0.717, 1.165) is 5.56 Å². The summed E-state index contributed by atoms with van der Waals surface area (Å²) in [7, 11) is 3.13. The second-order valence-corrected chi connectivity index (χ2v) is 6.54. The van der Waals surface area contributed by atoms with Crippen molar-refractivity contribution in [3.8, 4) is 11.5 Å². The van der Waals surface area contributed by atoms with E-state index in [9.17, 15) is 14.7 Å². The predicted molar refractivity (Wildman–Crippen MR) is 97.3 cm³/mol. The number of aliphatic carboxylic acids is 1. The Morgan fingerprint density at radius 2 is 1.88 bits per heavy atom. The van der Waals surface area contributed by atoms with Crippen LogP contribution in [0.15, 0.2) is 18.2 Å². The molecule has 0 radical (unpaired) electrons. The van der Waals surface area contributed by atoms with E-state index in [1.807, 2.05) is 12.1 Å². The molecule has 1 heterocycles. The maximum atomic E-state index is 11.6. The number of thiocarbonyl (C=S) groups is 1. The highest BCUT2D eigenvalue weighted by atomic mass is 32.1. The Bertz CT molecular complexity index is 675. The Labute approximate surface area is 152 Å². The van der Waals surface area contributed by atoms with E-state index in [1.165, 1.54) is 6.92 Å². The van der Waals surface area contributed by atoms with Crippen LogP contribution in [-0.2, 0) is 9.59 Å². The first-order valence-electron chi connectivity index (χ1n) is 8.14. The van der Waals surface area contributed by atoms with Crippen LogP contribution >= 0.6 is 12.2 Å². The molecule has 1 saturated heterocycles. The average Bonchev–Trinajstić information content (AvgIpc) is 3.04. The smallest absolute Gasteiger partial charge is 0.326 e. The predicted octanol–water partition coefficient (Wildman–Crippen LogP) is 2.99. The van der Waals surface area contributed by atoms with Crippen LogP contribution in [0.2, 0.25) is 0 Å². The molecule has 1 aromatic carbocycles. The molecular weight excluding hydrogens is 342 g/mol. The van der Waals surface area contributed by atoms with Crippen LogP contribution in [-0.4, -0.2) is 47.0 Å². The number of rotatable bonds is 7. The Kier molecular flexibility index (Phi) is 6.36. The number of hydrogen-bond acceptors (Lipinski definition) is 5. The number of carbonyl (C=O) groups excluding carboxylic acids is 1. The second-order valence-electron chi connectivity index (χ2n) is 6.06. The van der Waals surface area contributed by atoms with Crippen LogP contribution in [0.1, 0.15) is 44.2 Å². The highest BCUT2D eigenvalue weighted by Gasteiger charge is 2.40. The third-order valence-corrected chi connectivity index (χ3v) is 4.86. The Hall–Kier alpha value is -2.15. The van der Waals surface area contributed by atoms with Gasteiger partial charge in [0.1, 0.15) is 11.8 Å². The van der Waals surface area contributed by atoms with Crippen molar-refractivity contribution < 1.29 is 24.2 Å². The zero-order valence-electron chi connectivity index (χ0n) is 14.7. The van der Waals surface area contributed by atoms with Crippen molar-refractivity contribution in [1.29, 1.82) is 0 Å². The number of carbonyl (C=O) groups is 2. The summed E-state index contributed by atoms with van der Waals surface area (Å²) in [5, 5.41) is 9.54. The molecule has 2 rings (SSSR count). The molecule has 7 heteroatoms. The largest absolute Gasteiger partial charge is 0.493 e. The fourth-order valence-electron chi connectivity index (χ4n) is 3.20. The lowest BCUT2D eigenvalue weighted by atomic mass is 10.0. The Balaban J connectivity index is 2.32. The second kappa shape index (κ2) is 8.29. The normalized spacial score (nSPS) is 19.6. The number of methoxy groups -OCH3 is 2. The molecule has 1 aromatic rings. The van der Waals surface area contributed by atoms with Gasteiger partial charge in [0.05, 0.1) is 25.2 Å². The van der Waals surface area contributed by atoms with Crippen LogP contribution in [0.25, 0.3) is 0 Å². The molecule has 1 N–H and O–H groups in total. The molecule has 2 unspecified atom stereocenters. The summed E-state index contributed by atoms with van der Waals surface area (Å²) in [6, 6.07) is 4.74. The monoisotopic (exact) mass is 365 g/mol. The van der Waals surface area contributed by atoms with Gasteiger partial charge in [-0.3, -0.25) is 0 Å². The summed E-state index contributed by atoms with van der Waals surface area (Å²) in [4.78, 5) is 25.2. The first-order chi connectivity index (χ1) is 11.9. The molecule has 1 aliphatic heterocycles. The van der Waals surface area contributed by atoms with Crippen molar-refractivity contribution in [1.82, 2.24) is 4.90 Å². The van der Waals surface area contributed by atoms with Gasteiger partial charge in [0, 0.05) is 12.8 Å². The molecule has 1 fully saturated rings.